The molecule has 7 nitrogen and oxygen atoms in total. The van der Waals surface area contributed by atoms with E-state index in [1.54, 1.807) is 17.0 Å². The number of likely N-dealkylation sites (tertiary alicyclic amines) is 1. The first-order valence-corrected chi connectivity index (χ1v) is 9.76. The third-order valence-corrected chi connectivity index (χ3v) is 5.70. The molecular weight excluding hydrogens is 411 g/mol. The molecule has 29 heavy (non-hydrogen) atoms. The molecule has 2 aliphatic rings. The average Bonchev–Trinajstić information content (AvgIpc) is 3.31. The van der Waals surface area contributed by atoms with Gasteiger partial charge in [-0.3, -0.25) is 9.36 Å². The molecule has 4 rings (SSSR count). The highest BCUT2D eigenvalue weighted by atomic mass is 35.5. The molecule has 0 radical (unpaired) electrons. The van der Waals surface area contributed by atoms with Crippen molar-refractivity contribution in [2.75, 3.05) is 13.1 Å². The lowest BCUT2D eigenvalue weighted by atomic mass is 9.91. The highest BCUT2D eigenvalue weighted by molar-refractivity contribution is 6.29. The van der Waals surface area contributed by atoms with Crippen LogP contribution in [-0.4, -0.2) is 49.4 Å². The molecular formula is C18H19ClF3N5O2. The molecule has 2 aromatic heterocycles. The monoisotopic (exact) mass is 429 g/mol. The molecule has 2 aromatic rings. The number of alkyl halides is 3. The fourth-order valence-corrected chi connectivity index (χ4v) is 4.09. The van der Waals surface area contributed by atoms with Crippen molar-refractivity contribution >= 4 is 17.5 Å². The Kier molecular flexibility index (Phi) is 5.14. The number of rotatable bonds is 3. The maximum absolute atomic E-state index is 13.5. The Morgan fingerprint density at radius 2 is 1.97 bits per heavy atom. The molecule has 2 aliphatic heterocycles. The molecule has 1 saturated heterocycles. The van der Waals surface area contributed by atoms with Crippen molar-refractivity contribution in [2.24, 2.45) is 5.92 Å². The molecule has 0 aromatic carbocycles. The molecule has 156 valence electrons. The van der Waals surface area contributed by atoms with E-state index in [1.807, 2.05) is 0 Å². The van der Waals surface area contributed by atoms with E-state index in [4.69, 9.17) is 11.6 Å². The van der Waals surface area contributed by atoms with E-state index in [0.29, 0.717) is 18.7 Å². The minimum Gasteiger partial charge on any atom is -0.341 e. The second-order valence-corrected chi connectivity index (χ2v) is 7.83. The van der Waals surface area contributed by atoms with Crippen LogP contribution >= 0.6 is 11.6 Å². The molecule has 1 fully saturated rings. The number of carbonyl (C=O) groups is 1. The zero-order valence-electron chi connectivity index (χ0n) is 15.4. The maximum atomic E-state index is 13.5. The van der Waals surface area contributed by atoms with Gasteiger partial charge in [0.25, 0.3) is 0 Å². The van der Waals surface area contributed by atoms with Gasteiger partial charge in [-0.15, -0.1) is 0 Å². The Balaban J connectivity index is 1.70. The Bertz CT molecular complexity index is 963. The molecule has 1 amide bonds. The summed E-state index contributed by atoms with van der Waals surface area (Å²) in [7, 11) is 0. The topological polar surface area (TPSA) is 73.0 Å². The van der Waals surface area contributed by atoms with Crippen molar-refractivity contribution in [3.05, 3.63) is 45.4 Å². The predicted molar refractivity (Wildman–Crippen MR) is 97.6 cm³/mol. The van der Waals surface area contributed by atoms with Crippen molar-refractivity contribution in [3.63, 3.8) is 0 Å². The summed E-state index contributed by atoms with van der Waals surface area (Å²) in [6.07, 6.45) is -2.24. The zero-order valence-corrected chi connectivity index (χ0v) is 16.2. The first-order valence-electron chi connectivity index (χ1n) is 9.38. The van der Waals surface area contributed by atoms with Crippen molar-refractivity contribution in [2.45, 2.75) is 44.4 Å². The lowest BCUT2D eigenvalue weighted by molar-refractivity contribution is -0.183. The number of carbonyl (C=O) groups excluding carboxylic acids is 1. The summed E-state index contributed by atoms with van der Waals surface area (Å²) in [5.74, 6) is -2.16. The molecule has 0 spiro atoms. The molecule has 0 saturated carbocycles. The number of nitrogens with zero attached hydrogens (tertiary/aromatic N) is 5. The third-order valence-electron chi connectivity index (χ3n) is 5.48. The van der Waals surface area contributed by atoms with Gasteiger partial charge in [0.2, 0.25) is 5.91 Å². The summed E-state index contributed by atoms with van der Waals surface area (Å²) in [5.41, 5.74) is 0.0369. The summed E-state index contributed by atoms with van der Waals surface area (Å²) in [6, 6.07) is 2.02. The molecule has 0 N–H and O–H groups in total. The quantitative estimate of drug-likeness (QED) is 0.702. The molecule has 2 atom stereocenters. The fourth-order valence-electron chi connectivity index (χ4n) is 3.98. The van der Waals surface area contributed by atoms with Crippen LogP contribution in [0.5, 0.6) is 0 Å². The minimum absolute atomic E-state index is 0.0111. The number of hydrogen-bond acceptors (Lipinski definition) is 4. The summed E-state index contributed by atoms with van der Waals surface area (Å²) in [6.45, 7) is 1.03. The van der Waals surface area contributed by atoms with Crippen molar-refractivity contribution < 1.29 is 18.0 Å². The van der Waals surface area contributed by atoms with Gasteiger partial charge in [-0.1, -0.05) is 17.7 Å². The summed E-state index contributed by atoms with van der Waals surface area (Å²) < 4.78 is 42.7. The number of hydrogen-bond donors (Lipinski definition) is 0. The van der Waals surface area contributed by atoms with Crippen LogP contribution in [0, 0.1) is 5.92 Å². The lowest BCUT2D eigenvalue weighted by Crippen LogP contribution is -2.45. The van der Waals surface area contributed by atoms with E-state index in [9.17, 15) is 22.8 Å². The van der Waals surface area contributed by atoms with Gasteiger partial charge in [0.05, 0.1) is 12.5 Å². The van der Waals surface area contributed by atoms with Gasteiger partial charge in [-0.25, -0.2) is 14.5 Å². The van der Waals surface area contributed by atoms with E-state index in [2.05, 4.69) is 10.1 Å². The predicted octanol–water partition coefficient (Wildman–Crippen LogP) is 2.43. The van der Waals surface area contributed by atoms with Gasteiger partial charge < -0.3 is 4.90 Å². The summed E-state index contributed by atoms with van der Waals surface area (Å²) >= 11 is 5.76. The van der Waals surface area contributed by atoms with Crippen LogP contribution in [0.2, 0.25) is 5.15 Å². The number of pyridine rings is 1. The fraction of sp³-hybridized carbons (Fsp3) is 0.556. The van der Waals surface area contributed by atoms with E-state index in [1.165, 1.54) is 6.20 Å². The van der Waals surface area contributed by atoms with Gasteiger partial charge >= 0.3 is 11.9 Å². The standard InChI is InChI=1S/C18H19ClF3N5O2/c19-14-4-3-11(9-23-14)10-26-17(29)27-13(16(28)25-5-1-2-6-25)7-12(18(20,21)22)8-15(27)24-26/h3-4,9,12-13H,1-2,5-8,10H2. The second kappa shape index (κ2) is 7.47. The second-order valence-electron chi connectivity index (χ2n) is 7.44. The lowest BCUT2D eigenvalue weighted by Gasteiger charge is -2.32. The van der Waals surface area contributed by atoms with Crippen LogP contribution in [-0.2, 0) is 17.8 Å². The SMILES string of the molecule is O=C(C1CC(C(F)(F)F)Cc2nn(Cc3ccc(Cl)nc3)c(=O)n21)N1CCCC1. The maximum Gasteiger partial charge on any atom is 0.392 e. The molecule has 0 aliphatic carbocycles. The summed E-state index contributed by atoms with van der Waals surface area (Å²) in [5, 5.41) is 4.41. The Morgan fingerprint density at radius 3 is 2.59 bits per heavy atom. The Morgan fingerprint density at radius 1 is 1.24 bits per heavy atom. The number of fused-ring (bicyclic) bond motifs is 1. The van der Waals surface area contributed by atoms with E-state index >= 15 is 0 Å². The van der Waals surface area contributed by atoms with E-state index in [0.717, 1.165) is 22.1 Å². The normalized spacial score (nSPS) is 22.0. The zero-order chi connectivity index (χ0) is 20.8. The smallest absolute Gasteiger partial charge is 0.341 e. The highest BCUT2D eigenvalue weighted by Crippen LogP contribution is 2.39. The van der Waals surface area contributed by atoms with Crippen molar-refractivity contribution in [1.82, 2.24) is 24.2 Å². The molecule has 4 heterocycles. The number of aromatic nitrogens is 4. The van der Waals surface area contributed by atoms with Crippen LogP contribution in [0.4, 0.5) is 13.2 Å². The van der Waals surface area contributed by atoms with Gasteiger partial charge in [0.1, 0.15) is 17.0 Å². The largest absolute Gasteiger partial charge is 0.392 e. The van der Waals surface area contributed by atoms with Gasteiger partial charge in [-0.2, -0.15) is 18.3 Å². The van der Waals surface area contributed by atoms with Crippen molar-refractivity contribution in [3.8, 4) is 0 Å². The average molecular weight is 430 g/mol. The molecule has 11 heteroatoms. The van der Waals surface area contributed by atoms with E-state index in [-0.39, 0.29) is 17.5 Å². The van der Waals surface area contributed by atoms with Gasteiger partial charge in [-0.05, 0) is 30.9 Å². The first kappa shape index (κ1) is 19.9. The summed E-state index contributed by atoms with van der Waals surface area (Å²) in [4.78, 5) is 31.3. The van der Waals surface area contributed by atoms with Crippen LogP contribution in [0.3, 0.4) is 0 Å². The molecule has 0 bridgehead atoms. The Labute approximate surface area is 169 Å². The minimum atomic E-state index is -4.46. The van der Waals surface area contributed by atoms with E-state index < -0.39 is 42.6 Å². The third kappa shape index (κ3) is 3.90. The van der Waals surface area contributed by atoms with Crippen LogP contribution in [0.1, 0.15) is 36.7 Å². The van der Waals surface area contributed by atoms with Crippen LogP contribution < -0.4 is 5.69 Å². The van der Waals surface area contributed by atoms with Crippen LogP contribution in [0.25, 0.3) is 0 Å². The van der Waals surface area contributed by atoms with Gasteiger partial charge in [0.15, 0.2) is 0 Å². The number of amides is 1. The first-order chi connectivity index (χ1) is 13.7. The number of halogens is 4. The van der Waals surface area contributed by atoms with Gasteiger partial charge in [0, 0.05) is 25.7 Å². The Hall–Kier alpha value is -2.36. The highest BCUT2D eigenvalue weighted by Gasteiger charge is 2.48. The van der Waals surface area contributed by atoms with Crippen molar-refractivity contribution in [1.29, 1.82) is 0 Å². The molecule has 2 unspecified atom stereocenters. The van der Waals surface area contributed by atoms with Crippen LogP contribution in [0.15, 0.2) is 23.1 Å².